The number of benzene rings is 1. The molecule has 0 aliphatic carbocycles. The van der Waals surface area contributed by atoms with E-state index in [0.29, 0.717) is 6.04 Å². The number of hydrogen-bond acceptors (Lipinski definition) is 4. The van der Waals surface area contributed by atoms with Crippen molar-refractivity contribution in [3.63, 3.8) is 0 Å². The lowest BCUT2D eigenvalue weighted by Gasteiger charge is -2.37. The Balaban J connectivity index is 1.87. The normalized spacial score (nSPS) is 20.6. The van der Waals surface area contributed by atoms with Crippen molar-refractivity contribution in [1.29, 1.82) is 0 Å². The van der Waals surface area contributed by atoms with Crippen molar-refractivity contribution in [2.24, 2.45) is 0 Å². The number of carboxylic acid groups (broad SMARTS) is 1. The Morgan fingerprint density at radius 1 is 1.29 bits per heavy atom. The average molecular weight is 291 g/mol. The van der Waals surface area contributed by atoms with Gasteiger partial charge in [-0.25, -0.2) is 0 Å². The molecule has 0 aromatic heterocycles. The van der Waals surface area contributed by atoms with E-state index in [0.717, 1.165) is 43.9 Å². The van der Waals surface area contributed by atoms with Crippen LogP contribution in [0, 0.1) is 0 Å². The first-order valence-corrected chi connectivity index (χ1v) is 7.44. The molecule has 2 rings (SSSR count). The van der Waals surface area contributed by atoms with Crippen LogP contribution in [0.25, 0.3) is 0 Å². The summed E-state index contributed by atoms with van der Waals surface area (Å²) in [5.41, 5.74) is 1.97. The molecule has 1 aromatic carbocycles. The van der Waals surface area contributed by atoms with Crippen molar-refractivity contribution in [1.82, 2.24) is 15.1 Å². The van der Waals surface area contributed by atoms with E-state index in [2.05, 4.69) is 29.2 Å². The van der Waals surface area contributed by atoms with Crippen molar-refractivity contribution in [2.75, 3.05) is 40.3 Å². The highest BCUT2D eigenvalue weighted by Crippen LogP contribution is 2.10. The molecule has 2 N–H and O–H groups in total. The van der Waals surface area contributed by atoms with Gasteiger partial charge in [0.1, 0.15) is 0 Å². The lowest BCUT2D eigenvalue weighted by atomic mass is 10.0. The molecule has 116 valence electrons. The van der Waals surface area contributed by atoms with Crippen molar-refractivity contribution >= 4 is 5.97 Å². The second-order valence-corrected chi connectivity index (χ2v) is 5.87. The van der Waals surface area contributed by atoms with Crippen LogP contribution < -0.4 is 5.32 Å². The SMILES string of the molecule is CN1CCN(C)C(CNCc2ccccc2CC(=O)O)C1. The summed E-state index contributed by atoms with van der Waals surface area (Å²) in [5, 5.41) is 12.4. The van der Waals surface area contributed by atoms with Gasteiger partial charge in [0.15, 0.2) is 0 Å². The van der Waals surface area contributed by atoms with Crippen LogP contribution in [-0.4, -0.2) is 67.2 Å². The molecule has 1 aliphatic heterocycles. The zero-order valence-corrected chi connectivity index (χ0v) is 12.9. The average Bonchev–Trinajstić information content (AvgIpc) is 2.44. The molecule has 1 aliphatic rings. The molecule has 1 saturated heterocycles. The molecule has 21 heavy (non-hydrogen) atoms. The van der Waals surface area contributed by atoms with Crippen LogP contribution in [0.15, 0.2) is 24.3 Å². The van der Waals surface area contributed by atoms with E-state index >= 15 is 0 Å². The molecule has 1 heterocycles. The summed E-state index contributed by atoms with van der Waals surface area (Å²) in [4.78, 5) is 15.6. The first-order valence-electron chi connectivity index (χ1n) is 7.44. The highest BCUT2D eigenvalue weighted by molar-refractivity contribution is 5.70. The van der Waals surface area contributed by atoms with Crippen LogP contribution in [0.4, 0.5) is 0 Å². The number of rotatable bonds is 6. The molecule has 0 radical (unpaired) electrons. The summed E-state index contributed by atoms with van der Waals surface area (Å²) in [6.45, 7) is 4.92. The van der Waals surface area contributed by atoms with Gasteiger partial charge in [0.25, 0.3) is 0 Å². The predicted octanol–water partition coefficient (Wildman–Crippen LogP) is 0.649. The fourth-order valence-corrected chi connectivity index (χ4v) is 2.76. The van der Waals surface area contributed by atoms with Gasteiger partial charge in [-0.15, -0.1) is 0 Å². The van der Waals surface area contributed by atoms with E-state index in [9.17, 15) is 4.79 Å². The maximum atomic E-state index is 10.9. The Labute approximate surface area is 126 Å². The fraction of sp³-hybridized carbons (Fsp3) is 0.562. The number of hydrogen-bond donors (Lipinski definition) is 2. The number of nitrogens with one attached hydrogen (secondary N) is 1. The van der Waals surface area contributed by atoms with Gasteiger partial charge in [0.2, 0.25) is 0 Å². The third kappa shape index (κ3) is 4.81. The molecule has 1 aromatic rings. The highest BCUT2D eigenvalue weighted by atomic mass is 16.4. The van der Waals surface area contributed by atoms with E-state index in [1.165, 1.54) is 0 Å². The third-order valence-electron chi connectivity index (χ3n) is 4.14. The van der Waals surface area contributed by atoms with Crippen LogP contribution in [0.3, 0.4) is 0 Å². The number of carboxylic acids is 1. The number of piperazine rings is 1. The van der Waals surface area contributed by atoms with E-state index in [1.807, 2.05) is 24.3 Å². The number of aliphatic carboxylic acids is 1. The lowest BCUT2D eigenvalue weighted by Crippen LogP contribution is -2.53. The van der Waals surface area contributed by atoms with Crippen molar-refractivity contribution in [2.45, 2.75) is 19.0 Å². The van der Waals surface area contributed by atoms with Crippen molar-refractivity contribution in [3.05, 3.63) is 35.4 Å². The monoisotopic (exact) mass is 291 g/mol. The minimum atomic E-state index is -0.781. The number of likely N-dealkylation sites (N-methyl/N-ethyl adjacent to an activating group) is 2. The molecule has 0 saturated carbocycles. The van der Waals surface area contributed by atoms with E-state index in [4.69, 9.17) is 5.11 Å². The van der Waals surface area contributed by atoms with Crippen LogP contribution >= 0.6 is 0 Å². The Kier molecular flexibility index (Phi) is 5.73. The van der Waals surface area contributed by atoms with Crippen molar-refractivity contribution < 1.29 is 9.90 Å². The van der Waals surface area contributed by atoms with Gasteiger partial charge in [-0.2, -0.15) is 0 Å². The highest BCUT2D eigenvalue weighted by Gasteiger charge is 2.21. The van der Waals surface area contributed by atoms with Crippen LogP contribution in [-0.2, 0) is 17.8 Å². The first-order chi connectivity index (χ1) is 10.1. The Hall–Kier alpha value is -1.43. The first kappa shape index (κ1) is 15.9. The Morgan fingerprint density at radius 2 is 2.00 bits per heavy atom. The van der Waals surface area contributed by atoms with E-state index < -0.39 is 5.97 Å². The molecule has 0 bridgehead atoms. The summed E-state index contributed by atoms with van der Waals surface area (Å²) in [6, 6.07) is 8.26. The third-order valence-corrected chi connectivity index (χ3v) is 4.14. The molecule has 5 nitrogen and oxygen atoms in total. The molecule has 0 amide bonds. The Bertz CT molecular complexity index is 478. The fourth-order valence-electron chi connectivity index (χ4n) is 2.76. The number of nitrogens with zero attached hydrogens (tertiary/aromatic N) is 2. The van der Waals surface area contributed by atoms with Gasteiger partial charge in [-0.3, -0.25) is 9.69 Å². The van der Waals surface area contributed by atoms with Gasteiger partial charge in [-0.1, -0.05) is 24.3 Å². The zero-order valence-electron chi connectivity index (χ0n) is 12.9. The molecule has 5 heteroatoms. The second-order valence-electron chi connectivity index (χ2n) is 5.87. The summed E-state index contributed by atoms with van der Waals surface area (Å²) in [6.07, 6.45) is 0.0872. The minimum absolute atomic E-state index is 0.0872. The van der Waals surface area contributed by atoms with Crippen molar-refractivity contribution in [3.8, 4) is 0 Å². The van der Waals surface area contributed by atoms with Gasteiger partial charge in [-0.05, 0) is 25.2 Å². The van der Waals surface area contributed by atoms with Crippen LogP contribution in [0.5, 0.6) is 0 Å². The maximum Gasteiger partial charge on any atom is 0.307 e. The van der Waals surface area contributed by atoms with Crippen LogP contribution in [0.1, 0.15) is 11.1 Å². The maximum absolute atomic E-state index is 10.9. The largest absolute Gasteiger partial charge is 0.481 e. The molecule has 1 atom stereocenters. The summed E-state index contributed by atoms with van der Waals surface area (Å²) in [7, 11) is 4.32. The Morgan fingerprint density at radius 3 is 2.71 bits per heavy atom. The van der Waals surface area contributed by atoms with Gasteiger partial charge in [0, 0.05) is 38.8 Å². The van der Waals surface area contributed by atoms with Crippen LogP contribution in [0.2, 0.25) is 0 Å². The summed E-state index contributed by atoms with van der Waals surface area (Å²) >= 11 is 0. The smallest absolute Gasteiger partial charge is 0.307 e. The summed E-state index contributed by atoms with van der Waals surface area (Å²) in [5.74, 6) is -0.781. The zero-order chi connectivity index (χ0) is 15.2. The standard InChI is InChI=1S/C16H25N3O2/c1-18-7-8-19(2)15(12-18)11-17-10-14-6-4-3-5-13(14)9-16(20)21/h3-6,15,17H,7-12H2,1-2H3,(H,20,21). The topological polar surface area (TPSA) is 55.8 Å². The predicted molar refractivity (Wildman–Crippen MR) is 83.4 cm³/mol. The molecule has 1 unspecified atom stereocenters. The van der Waals surface area contributed by atoms with Gasteiger partial charge < -0.3 is 15.3 Å². The van der Waals surface area contributed by atoms with Gasteiger partial charge in [0.05, 0.1) is 6.42 Å². The summed E-state index contributed by atoms with van der Waals surface area (Å²) < 4.78 is 0. The van der Waals surface area contributed by atoms with E-state index in [1.54, 1.807) is 0 Å². The molecular formula is C16H25N3O2. The molecule has 0 spiro atoms. The van der Waals surface area contributed by atoms with Gasteiger partial charge >= 0.3 is 5.97 Å². The second kappa shape index (κ2) is 7.54. The molecule has 1 fully saturated rings. The lowest BCUT2D eigenvalue weighted by molar-refractivity contribution is -0.136. The number of carbonyl (C=O) groups is 1. The van der Waals surface area contributed by atoms with E-state index in [-0.39, 0.29) is 6.42 Å². The quantitative estimate of drug-likeness (QED) is 0.806. The molecular weight excluding hydrogens is 266 g/mol. The minimum Gasteiger partial charge on any atom is -0.481 e.